The molecule has 2 aromatic rings. The molecule has 0 radical (unpaired) electrons. The van der Waals surface area contributed by atoms with Crippen LogP contribution in [0.25, 0.3) is 0 Å². The highest BCUT2D eigenvalue weighted by atomic mass is 32.1. The van der Waals surface area contributed by atoms with Gasteiger partial charge in [-0.3, -0.25) is 9.48 Å². The molecule has 0 spiro atoms. The van der Waals surface area contributed by atoms with E-state index in [-0.39, 0.29) is 17.0 Å². The molecular weight excluding hydrogens is 380 g/mol. The minimum Gasteiger partial charge on any atom is -0.479 e. The number of aromatic nitrogens is 2. The van der Waals surface area contributed by atoms with Crippen molar-refractivity contribution in [1.29, 1.82) is 0 Å². The molecule has 0 saturated heterocycles. The molecule has 0 bridgehead atoms. The van der Waals surface area contributed by atoms with Crippen molar-refractivity contribution in [2.75, 3.05) is 19.5 Å². The molecular formula is C19H26N4O4S. The van der Waals surface area contributed by atoms with Crippen LogP contribution in [0.5, 0.6) is 5.88 Å². The predicted octanol–water partition coefficient (Wildman–Crippen LogP) is 2.69. The van der Waals surface area contributed by atoms with E-state index in [1.54, 1.807) is 13.2 Å². The summed E-state index contributed by atoms with van der Waals surface area (Å²) in [6.07, 6.45) is 2.23. The number of methoxy groups -OCH3 is 2. The first kappa shape index (κ1) is 20.3. The number of carbonyl (C=O) groups excluding carboxylic acids is 2. The summed E-state index contributed by atoms with van der Waals surface area (Å²) in [6.45, 7) is 8.32. The second-order valence-corrected chi connectivity index (χ2v) is 9.12. The van der Waals surface area contributed by atoms with Crippen LogP contribution in [0.1, 0.15) is 58.9 Å². The van der Waals surface area contributed by atoms with Crippen LogP contribution in [-0.4, -0.2) is 41.4 Å². The number of anilines is 1. The SMILES string of the molecule is COC(=O)c1c(NC(=O)c2cn(C)nc2OC)sc2c1CC(C)(C)NC2(C)C. The van der Waals surface area contributed by atoms with Crippen LogP contribution in [0.3, 0.4) is 0 Å². The molecule has 1 amide bonds. The number of amides is 1. The number of hydrogen-bond donors (Lipinski definition) is 2. The van der Waals surface area contributed by atoms with Gasteiger partial charge in [0.2, 0.25) is 5.88 Å². The van der Waals surface area contributed by atoms with Crippen LogP contribution in [-0.2, 0) is 23.7 Å². The molecule has 1 aliphatic rings. The zero-order valence-corrected chi connectivity index (χ0v) is 18.0. The summed E-state index contributed by atoms with van der Waals surface area (Å²) in [6, 6.07) is 0. The molecule has 9 heteroatoms. The average Bonchev–Trinajstić information content (AvgIpc) is 3.13. The highest BCUT2D eigenvalue weighted by molar-refractivity contribution is 7.17. The lowest BCUT2D eigenvalue weighted by Gasteiger charge is -2.42. The highest BCUT2D eigenvalue weighted by Crippen LogP contribution is 2.45. The number of fused-ring (bicyclic) bond motifs is 1. The number of thiophene rings is 1. The minimum absolute atomic E-state index is 0.200. The van der Waals surface area contributed by atoms with Gasteiger partial charge in [-0.25, -0.2) is 4.79 Å². The smallest absolute Gasteiger partial charge is 0.341 e. The Balaban J connectivity index is 2.08. The highest BCUT2D eigenvalue weighted by Gasteiger charge is 2.42. The van der Waals surface area contributed by atoms with Crippen LogP contribution >= 0.6 is 11.3 Å². The molecule has 0 unspecified atom stereocenters. The largest absolute Gasteiger partial charge is 0.479 e. The molecule has 0 fully saturated rings. The zero-order chi connectivity index (χ0) is 20.9. The predicted molar refractivity (Wildman–Crippen MR) is 107 cm³/mol. The van der Waals surface area contributed by atoms with Crippen LogP contribution in [0.4, 0.5) is 5.00 Å². The molecule has 3 rings (SSSR count). The third-order valence-corrected chi connectivity index (χ3v) is 6.16. The molecule has 0 atom stereocenters. The fourth-order valence-electron chi connectivity index (χ4n) is 3.88. The van der Waals surface area contributed by atoms with E-state index in [4.69, 9.17) is 9.47 Å². The minimum atomic E-state index is -0.459. The second-order valence-electron chi connectivity index (χ2n) is 8.10. The van der Waals surface area contributed by atoms with Crippen molar-refractivity contribution in [3.63, 3.8) is 0 Å². The molecule has 3 heterocycles. The van der Waals surface area contributed by atoms with Crippen molar-refractivity contribution in [1.82, 2.24) is 15.1 Å². The third kappa shape index (κ3) is 3.51. The molecule has 1 aliphatic heterocycles. The van der Waals surface area contributed by atoms with Gasteiger partial charge in [0.1, 0.15) is 10.6 Å². The zero-order valence-electron chi connectivity index (χ0n) is 17.2. The van der Waals surface area contributed by atoms with Crippen molar-refractivity contribution in [3.8, 4) is 5.88 Å². The first-order chi connectivity index (χ1) is 13.0. The Hall–Kier alpha value is -2.39. The molecule has 8 nitrogen and oxygen atoms in total. The van der Waals surface area contributed by atoms with Gasteiger partial charge in [-0.05, 0) is 39.7 Å². The summed E-state index contributed by atoms with van der Waals surface area (Å²) in [7, 11) is 4.51. The van der Waals surface area contributed by atoms with Gasteiger partial charge in [-0.15, -0.1) is 16.4 Å². The standard InChI is InChI=1S/C19H26N4O4S/c1-18(2)8-10-12(17(25)27-7)16(28-13(10)19(3,4)22-18)20-14(24)11-9-23(5)21-15(11)26-6/h9,22H,8H2,1-7H3,(H,20,24). The van der Waals surface area contributed by atoms with E-state index in [1.165, 1.54) is 30.2 Å². The number of rotatable bonds is 4. The van der Waals surface area contributed by atoms with E-state index < -0.39 is 11.9 Å². The van der Waals surface area contributed by atoms with Gasteiger partial charge in [0.15, 0.2) is 0 Å². The first-order valence-electron chi connectivity index (χ1n) is 8.92. The average molecular weight is 407 g/mol. The third-order valence-electron chi connectivity index (χ3n) is 4.69. The van der Waals surface area contributed by atoms with E-state index >= 15 is 0 Å². The van der Waals surface area contributed by atoms with E-state index in [0.29, 0.717) is 22.5 Å². The Kier molecular flexibility index (Phi) is 5.01. The van der Waals surface area contributed by atoms with Gasteiger partial charge < -0.3 is 20.1 Å². The summed E-state index contributed by atoms with van der Waals surface area (Å²) in [5, 5.41) is 11.1. The fourth-order valence-corrected chi connectivity index (χ4v) is 5.14. The number of nitrogens with zero attached hydrogens (tertiary/aromatic N) is 2. The molecule has 28 heavy (non-hydrogen) atoms. The summed E-state index contributed by atoms with van der Waals surface area (Å²) in [5.41, 5.74) is 1.08. The van der Waals surface area contributed by atoms with E-state index in [0.717, 1.165) is 10.4 Å². The molecule has 0 aliphatic carbocycles. The van der Waals surface area contributed by atoms with Gasteiger partial charge in [-0.2, -0.15) is 0 Å². The number of esters is 1. The van der Waals surface area contributed by atoms with E-state index in [9.17, 15) is 9.59 Å². The van der Waals surface area contributed by atoms with Gasteiger partial charge in [-0.1, -0.05) is 0 Å². The lowest BCUT2D eigenvalue weighted by molar-refractivity contribution is 0.0600. The Bertz CT molecular complexity index is 942. The van der Waals surface area contributed by atoms with Gasteiger partial charge in [0.05, 0.1) is 19.8 Å². The molecule has 2 aromatic heterocycles. The molecule has 0 aromatic carbocycles. The van der Waals surface area contributed by atoms with Crippen LogP contribution in [0.2, 0.25) is 0 Å². The van der Waals surface area contributed by atoms with Gasteiger partial charge >= 0.3 is 5.97 Å². The molecule has 0 saturated carbocycles. The lowest BCUT2D eigenvalue weighted by atomic mass is 9.81. The molecule has 2 N–H and O–H groups in total. The summed E-state index contributed by atoms with van der Waals surface area (Å²) >= 11 is 1.39. The number of nitrogens with one attached hydrogen (secondary N) is 2. The maximum Gasteiger partial charge on any atom is 0.341 e. The van der Waals surface area contributed by atoms with Crippen molar-refractivity contribution in [2.45, 2.75) is 45.2 Å². The summed E-state index contributed by atoms with van der Waals surface area (Å²) in [4.78, 5) is 26.5. The Labute approximate surface area is 168 Å². The topological polar surface area (TPSA) is 94.5 Å². The van der Waals surface area contributed by atoms with Gasteiger partial charge in [0, 0.05) is 29.2 Å². The van der Waals surface area contributed by atoms with Gasteiger partial charge in [0.25, 0.3) is 5.91 Å². The number of ether oxygens (including phenoxy) is 2. The van der Waals surface area contributed by atoms with Crippen molar-refractivity contribution in [2.24, 2.45) is 7.05 Å². The maximum absolute atomic E-state index is 12.9. The Morgan fingerprint density at radius 3 is 2.57 bits per heavy atom. The van der Waals surface area contributed by atoms with Crippen LogP contribution in [0.15, 0.2) is 6.20 Å². The summed E-state index contributed by atoms with van der Waals surface area (Å²) < 4.78 is 11.7. The van der Waals surface area contributed by atoms with Crippen molar-refractivity contribution >= 4 is 28.2 Å². The molecule has 152 valence electrons. The quantitative estimate of drug-likeness (QED) is 0.758. The number of aryl methyl sites for hydroxylation is 1. The van der Waals surface area contributed by atoms with Crippen molar-refractivity contribution in [3.05, 3.63) is 27.8 Å². The monoisotopic (exact) mass is 406 g/mol. The van der Waals surface area contributed by atoms with Crippen LogP contribution < -0.4 is 15.4 Å². The summed E-state index contributed by atoms with van der Waals surface area (Å²) in [5.74, 6) is -0.623. The maximum atomic E-state index is 12.9. The normalized spacial score (nSPS) is 17.0. The number of hydrogen-bond acceptors (Lipinski definition) is 7. The Morgan fingerprint density at radius 2 is 1.96 bits per heavy atom. The first-order valence-corrected chi connectivity index (χ1v) is 9.73. The Morgan fingerprint density at radius 1 is 1.29 bits per heavy atom. The van der Waals surface area contributed by atoms with E-state index in [1.807, 2.05) is 0 Å². The van der Waals surface area contributed by atoms with Crippen molar-refractivity contribution < 1.29 is 19.1 Å². The number of carbonyl (C=O) groups is 2. The van der Waals surface area contributed by atoms with E-state index in [2.05, 4.69) is 43.4 Å². The van der Waals surface area contributed by atoms with Crippen LogP contribution in [0, 0.1) is 0 Å². The second kappa shape index (κ2) is 6.89. The fraction of sp³-hybridized carbons (Fsp3) is 0.526. The lowest BCUT2D eigenvalue weighted by Crippen LogP contribution is -2.55.